The fourth-order valence-electron chi connectivity index (χ4n) is 3.16. The van der Waals surface area contributed by atoms with E-state index in [0.717, 1.165) is 25.9 Å². The molecule has 0 aromatic carbocycles. The SMILES string of the molecule is CCCC(C)(N)C(=O)NCCC(OCC)C1CCCC1.Cl. The summed E-state index contributed by atoms with van der Waals surface area (Å²) in [6.07, 6.45) is 7.99. The van der Waals surface area contributed by atoms with Crippen LogP contribution in [0.5, 0.6) is 0 Å². The van der Waals surface area contributed by atoms with E-state index >= 15 is 0 Å². The molecule has 4 nitrogen and oxygen atoms in total. The van der Waals surface area contributed by atoms with Gasteiger partial charge in [-0.25, -0.2) is 0 Å². The molecule has 0 aromatic heterocycles. The van der Waals surface area contributed by atoms with Crippen molar-refractivity contribution in [3.05, 3.63) is 0 Å². The van der Waals surface area contributed by atoms with E-state index in [-0.39, 0.29) is 24.4 Å². The Labute approximate surface area is 136 Å². The number of hydrogen-bond donors (Lipinski definition) is 2. The summed E-state index contributed by atoms with van der Waals surface area (Å²) in [4.78, 5) is 12.0. The summed E-state index contributed by atoms with van der Waals surface area (Å²) < 4.78 is 5.86. The second-order valence-corrected chi connectivity index (χ2v) is 6.25. The zero-order chi connectivity index (χ0) is 15.0. The zero-order valence-corrected chi connectivity index (χ0v) is 14.6. The Balaban J connectivity index is 0.00000400. The molecule has 0 saturated heterocycles. The highest BCUT2D eigenvalue weighted by atomic mass is 35.5. The third-order valence-electron chi connectivity index (χ3n) is 4.31. The van der Waals surface area contributed by atoms with Crippen LogP contribution >= 0.6 is 12.4 Å². The van der Waals surface area contributed by atoms with E-state index in [4.69, 9.17) is 10.5 Å². The van der Waals surface area contributed by atoms with Gasteiger partial charge >= 0.3 is 0 Å². The average Bonchev–Trinajstić information content (AvgIpc) is 2.91. The van der Waals surface area contributed by atoms with Crippen LogP contribution < -0.4 is 11.1 Å². The van der Waals surface area contributed by atoms with Crippen molar-refractivity contribution in [1.29, 1.82) is 0 Å². The number of rotatable bonds is 9. The lowest BCUT2D eigenvalue weighted by atomic mass is 9.95. The average molecular weight is 321 g/mol. The number of hydrogen-bond acceptors (Lipinski definition) is 3. The molecule has 0 spiro atoms. The minimum Gasteiger partial charge on any atom is -0.378 e. The molecule has 1 amide bonds. The van der Waals surface area contributed by atoms with Crippen LogP contribution in [0.3, 0.4) is 0 Å². The maximum Gasteiger partial charge on any atom is 0.239 e. The fourth-order valence-corrected chi connectivity index (χ4v) is 3.16. The van der Waals surface area contributed by atoms with Crippen molar-refractivity contribution in [2.75, 3.05) is 13.2 Å². The van der Waals surface area contributed by atoms with Crippen LogP contribution in [0.25, 0.3) is 0 Å². The van der Waals surface area contributed by atoms with Crippen LogP contribution in [0.2, 0.25) is 0 Å². The number of nitrogens with two attached hydrogens (primary N) is 1. The number of amides is 1. The van der Waals surface area contributed by atoms with Crippen molar-refractivity contribution >= 4 is 18.3 Å². The lowest BCUT2D eigenvalue weighted by molar-refractivity contribution is -0.126. The molecule has 0 aliphatic heterocycles. The molecule has 3 N–H and O–H groups in total. The molecule has 1 aliphatic carbocycles. The lowest BCUT2D eigenvalue weighted by Crippen LogP contribution is -2.52. The normalized spacial score (nSPS) is 19.6. The van der Waals surface area contributed by atoms with Gasteiger partial charge in [-0.15, -0.1) is 12.4 Å². The van der Waals surface area contributed by atoms with Crippen molar-refractivity contribution < 1.29 is 9.53 Å². The molecule has 1 fully saturated rings. The Morgan fingerprint density at radius 1 is 1.38 bits per heavy atom. The molecular weight excluding hydrogens is 288 g/mol. The van der Waals surface area contributed by atoms with Gasteiger partial charge in [-0.3, -0.25) is 4.79 Å². The second-order valence-electron chi connectivity index (χ2n) is 6.25. The van der Waals surface area contributed by atoms with E-state index in [1.54, 1.807) is 0 Å². The van der Waals surface area contributed by atoms with Crippen molar-refractivity contribution in [3.63, 3.8) is 0 Å². The topological polar surface area (TPSA) is 64.4 Å². The minimum absolute atomic E-state index is 0. The third-order valence-corrected chi connectivity index (χ3v) is 4.31. The first kappa shape index (κ1) is 20.7. The maximum atomic E-state index is 12.0. The van der Waals surface area contributed by atoms with Crippen LogP contribution in [-0.2, 0) is 9.53 Å². The molecular formula is C16H33ClN2O2. The van der Waals surface area contributed by atoms with E-state index in [0.29, 0.717) is 12.5 Å². The molecule has 5 heteroatoms. The summed E-state index contributed by atoms with van der Waals surface area (Å²) in [6, 6.07) is 0. The van der Waals surface area contributed by atoms with Gasteiger partial charge in [0.2, 0.25) is 5.91 Å². The van der Waals surface area contributed by atoms with Gasteiger partial charge in [0.05, 0.1) is 11.6 Å². The molecule has 1 rings (SSSR count). The lowest BCUT2D eigenvalue weighted by Gasteiger charge is -2.26. The molecule has 0 aromatic rings. The standard InChI is InChI=1S/C16H32N2O2.ClH/c1-4-11-16(3,17)15(19)18-12-10-14(20-5-2)13-8-6-7-9-13;/h13-14H,4-12,17H2,1-3H3,(H,18,19);1H. The highest BCUT2D eigenvalue weighted by Crippen LogP contribution is 2.30. The van der Waals surface area contributed by atoms with Crippen molar-refractivity contribution in [1.82, 2.24) is 5.32 Å². The summed E-state index contributed by atoms with van der Waals surface area (Å²) in [6.45, 7) is 7.31. The first-order valence-electron chi connectivity index (χ1n) is 8.20. The Morgan fingerprint density at radius 2 is 2.00 bits per heavy atom. The number of carbonyl (C=O) groups is 1. The molecule has 1 aliphatic rings. The van der Waals surface area contributed by atoms with Gasteiger partial charge in [0.25, 0.3) is 0 Å². The summed E-state index contributed by atoms with van der Waals surface area (Å²) in [5, 5.41) is 2.98. The van der Waals surface area contributed by atoms with Crippen LogP contribution in [0.15, 0.2) is 0 Å². The monoisotopic (exact) mass is 320 g/mol. The van der Waals surface area contributed by atoms with Crippen LogP contribution in [0.1, 0.15) is 65.7 Å². The number of carbonyl (C=O) groups excluding carboxylic acids is 1. The van der Waals surface area contributed by atoms with Gasteiger partial charge in [-0.05, 0) is 45.4 Å². The number of nitrogens with one attached hydrogen (secondary N) is 1. The highest BCUT2D eigenvalue weighted by molar-refractivity contribution is 5.85. The maximum absolute atomic E-state index is 12.0. The van der Waals surface area contributed by atoms with Crippen molar-refractivity contribution in [2.24, 2.45) is 11.7 Å². The third kappa shape index (κ3) is 6.98. The van der Waals surface area contributed by atoms with Crippen LogP contribution in [-0.4, -0.2) is 30.7 Å². The largest absolute Gasteiger partial charge is 0.378 e. The van der Waals surface area contributed by atoms with Crippen LogP contribution in [0.4, 0.5) is 0 Å². The van der Waals surface area contributed by atoms with Crippen molar-refractivity contribution in [3.8, 4) is 0 Å². The van der Waals surface area contributed by atoms with Gasteiger partial charge in [0, 0.05) is 13.2 Å². The minimum atomic E-state index is -0.747. The Hall–Kier alpha value is -0.320. The molecule has 21 heavy (non-hydrogen) atoms. The van der Waals surface area contributed by atoms with E-state index in [9.17, 15) is 4.79 Å². The Bertz CT molecular complexity index is 292. The Morgan fingerprint density at radius 3 is 2.52 bits per heavy atom. The second kappa shape index (κ2) is 10.4. The van der Waals surface area contributed by atoms with Gasteiger partial charge in [-0.1, -0.05) is 26.2 Å². The molecule has 126 valence electrons. The van der Waals surface area contributed by atoms with E-state index < -0.39 is 5.54 Å². The smallest absolute Gasteiger partial charge is 0.239 e. The quantitative estimate of drug-likeness (QED) is 0.686. The first-order chi connectivity index (χ1) is 9.51. The van der Waals surface area contributed by atoms with E-state index in [1.165, 1.54) is 25.7 Å². The fraction of sp³-hybridized carbons (Fsp3) is 0.938. The summed E-state index contributed by atoms with van der Waals surface area (Å²) in [5.41, 5.74) is 5.28. The Kier molecular flexibility index (Phi) is 10.3. The van der Waals surface area contributed by atoms with E-state index in [2.05, 4.69) is 5.32 Å². The molecule has 0 radical (unpaired) electrons. The molecule has 2 unspecified atom stereocenters. The van der Waals surface area contributed by atoms with Gasteiger partial charge in [0.15, 0.2) is 0 Å². The van der Waals surface area contributed by atoms with Gasteiger partial charge in [-0.2, -0.15) is 0 Å². The summed E-state index contributed by atoms with van der Waals surface area (Å²) in [5.74, 6) is 0.632. The number of ether oxygens (including phenoxy) is 1. The van der Waals surface area contributed by atoms with Crippen molar-refractivity contribution in [2.45, 2.75) is 77.4 Å². The van der Waals surface area contributed by atoms with Gasteiger partial charge < -0.3 is 15.8 Å². The zero-order valence-electron chi connectivity index (χ0n) is 13.8. The molecule has 1 saturated carbocycles. The van der Waals surface area contributed by atoms with Gasteiger partial charge in [0.1, 0.15) is 0 Å². The predicted molar refractivity (Wildman–Crippen MR) is 89.7 cm³/mol. The summed E-state index contributed by atoms with van der Waals surface area (Å²) >= 11 is 0. The van der Waals surface area contributed by atoms with Crippen LogP contribution in [0, 0.1) is 5.92 Å². The molecule has 2 atom stereocenters. The molecule has 0 bridgehead atoms. The van der Waals surface area contributed by atoms with E-state index in [1.807, 2.05) is 20.8 Å². The molecule has 0 heterocycles. The highest BCUT2D eigenvalue weighted by Gasteiger charge is 2.28. The first-order valence-corrected chi connectivity index (χ1v) is 8.20. The summed E-state index contributed by atoms with van der Waals surface area (Å²) in [7, 11) is 0. The predicted octanol–water partition coefficient (Wildman–Crippen LogP) is 3.03. The number of halogens is 1.